The van der Waals surface area contributed by atoms with E-state index in [-0.39, 0.29) is 42.5 Å². The third-order valence-electron chi connectivity index (χ3n) is 7.62. The van der Waals surface area contributed by atoms with Crippen molar-refractivity contribution in [1.29, 1.82) is 0 Å². The lowest BCUT2D eigenvalue weighted by Crippen LogP contribution is -2.30. The molecule has 0 radical (unpaired) electrons. The van der Waals surface area contributed by atoms with Crippen LogP contribution in [0.15, 0.2) is 48.5 Å². The fourth-order valence-electron chi connectivity index (χ4n) is 5.68. The van der Waals surface area contributed by atoms with E-state index in [1.807, 2.05) is 31.2 Å². The summed E-state index contributed by atoms with van der Waals surface area (Å²) in [6.45, 7) is 4.44. The molecule has 3 amide bonds. The Balaban J connectivity index is 1.25. The highest BCUT2D eigenvalue weighted by atomic mass is 16.5. The van der Waals surface area contributed by atoms with Crippen molar-refractivity contribution in [3.63, 3.8) is 0 Å². The number of para-hydroxylation sites is 1. The van der Waals surface area contributed by atoms with Crippen molar-refractivity contribution in [2.75, 3.05) is 16.3 Å². The lowest BCUT2D eigenvalue weighted by molar-refractivity contribution is -0.139. The molecule has 2 aromatic carbocycles. The van der Waals surface area contributed by atoms with Crippen LogP contribution in [0, 0.1) is 23.7 Å². The van der Waals surface area contributed by atoms with Crippen LogP contribution in [0.25, 0.3) is 0 Å². The van der Waals surface area contributed by atoms with Gasteiger partial charge in [-0.25, -0.2) is 0 Å². The molecule has 7 heteroatoms. The average Bonchev–Trinajstić information content (AvgIpc) is 3.36. The number of nitrogens with zero attached hydrogens (tertiary/aromatic N) is 2. The van der Waals surface area contributed by atoms with E-state index < -0.39 is 11.9 Å². The van der Waals surface area contributed by atoms with E-state index in [9.17, 15) is 19.2 Å². The largest absolute Gasteiger partial charge is 0.426 e. The molecule has 2 saturated heterocycles. The van der Waals surface area contributed by atoms with Gasteiger partial charge in [0.15, 0.2) is 0 Å². The van der Waals surface area contributed by atoms with Gasteiger partial charge in [-0.3, -0.25) is 24.1 Å². The van der Waals surface area contributed by atoms with Gasteiger partial charge in [-0.15, -0.1) is 0 Å². The van der Waals surface area contributed by atoms with E-state index in [4.69, 9.17) is 4.74 Å². The van der Waals surface area contributed by atoms with Crippen molar-refractivity contribution in [3.05, 3.63) is 54.1 Å². The summed E-state index contributed by atoms with van der Waals surface area (Å²) in [5, 5.41) is 0. The number of carbonyl (C=O) groups is 4. The molecule has 0 bridgehead atoms. The predicted molar refractivity (Wildman–Crippen MR) is 131 cm³/mol. The van der Waals surface area contributed by atoms with Crippen molar-refractivity contribution in [2.24, 2.45) is 23.7 Å². The fourth-order valence-corrected chi connectivity index (χ4v) is 5.68. The molecule has 0 unspecified atom stereocenters. The molecule has 3 aliphatic rings. The third kappa shape index (κ3) is 4.24. The average molecular weight is 475 g/mol. The number of aryl methyl sites for hydroxylation is 1. The van der Waals surface area contributed by atoms with Crippen LogP contribution in [0.5, 0.6) is 5.75 Å². The predicted octanol–water partition coefficient (Wildman–Crippen LogP) is 4.13. The highest BCUT2D eigenvalue weighted by Crippen LogP contribution is 2.42. The monoisotopic (exact) mass is 474 g/mol. The maximum atomic E-state index is 12.9. The Morgan fingerprint density at radius 1 is 0.971 bits per heavy atom. The number of rotatable bonds is 5. The van der Waals surface area contributed by atoms with E-state index in [1.54, 1.807) is 29.2 Å². The van der Waals surface area contributed by atoms with Crippen LogP contribution in [0.3, 0.4) is 0 Å². The molecule has 2 aliphatic heterocycles. The summed E-state index contributed by atoms with van der Waals surface area (Å²) >= 11 is 0. The lowest BCUT2D eigenvalue weighted by atomic mass is 9.76. The van der Waals surface area contributed by atoms with Crippen LogP contribution in [-0.4, -0.2) is 30.2 Å². The zero-order chi connectivity index (χ0) is 24.7. The zero-order valence-corrected chi connectivity index (χ0v) is 20.1. The van der Waals surface area contributed by atoms with Crippen LogP contribution in [0.2, 0.25) is 0 Å². The normalized spacial score (nSPS) is 26.3. The van der Waals surface area contributed by atoms with Gasteiger partial charge in [0.2, 0.25) is 17.7 Å². The minimum atomic E-state index is -0.557. The molecule has 35 heavy (non-hydrogen) atoms. The number of ether oxygens (including phenoxy) is 1. The van der Waals surface area contributed by atoms with Gasteiger partial charge in [-0.05, 0) is 67.5 Å². The Labute approximate surface area is 205 Å². The van der Waals surface area contributed by atoms with Crippen LogP contribution < -0.4 is 14.5 Å². The minimum Gasteiger partial charge on any atom is -0.426 e. The van der Waals surface area contributed by atoms with E-state index >= 15 is 0 Å². The van der Waals surface area contributed by atoms with Gasteiger partial charge in [-0.1, -0.05) is 32.0 Å². The zero-order valence-electron chi connectivity index (χ0n) is 20.1. The SMILES string of the molecule is CCc1ccccc1N1C[C@H](C(=O)Oc2ccc(N3C(=O)[C@@H]4CC[C@@H](C)C[C@H]4C3=O)cc2)CC1=O. The molecule has 3 fully saturated rings. The smallest absolute Gasteiger partial charge is 0.316 e. The second-order valence-corrected chi connectivity index (χ2v) is 9.95. The van der Waals surface area contributed by atoms with E-state index in [0.717, 1.165) is 36.9 Å². The second kappa shape index (κ2) is 9.29. The van der Waals surface area contributed by atoms with Crippen LogP contribution >= 0.6 is 0 Å². The highest BCUT2D eigenvalue weighted by Gasteiger charge is 2.50. The summed E-state index contributed by atoms with van der Waals surface area (Å²) in [4.78, 5) is 54.3. The maximum absolute atomic E-state index is 12.9. The number of esters is 1. The highest BCUT2D eigenvalue weighted by molar-refractivity contribution is 6.22. The van der Waals surface area contributed by atoms with Crippen molar-refractivity contribution in [3.8, 4) is 5.75 Å². The summed E-state index contributed by atoms with van der Waals surface area (Å²) < 4.78 is 5.56. The Morgan fingerprint density at radius 3 is 2.43 bits per heavy atom. The van der Waals surface area contributed by atoms with Gasteiger partial charge in [0.1, 0.15) is 5.75 Å². The molecular weight excluding hydrogens is 444 g/mol. The number of carbonyl (C=O) groups excluding carboxylic acids is 4. The molecule has 0 spiro atoms. The third-order valence-corrected chi connectivity index (χ3v) is 7.62. The summed E-state index contributed by atoms with van der Waals surface area (Å²) in [5.74, 6) is -1.06. The van der Waals surface area contributed by atoms with Gasteiger partial charge in [0, 0.05) is 18.7 Å². The van der Waals surface area contributed by atoms with Crippen LogP contribution in [0.1, 0.15) is 45.1 Å². The summed E-state index contributed by atoms with van der Waals surface area (Å²) in [6, 6.07) is 14.2. The molecule has 1 saturated carbocycles. The number of hydrogen-bond acceptors (Lipinski definition) is 5. The number of benzene rings is 2. The molecule has 1 aliphatic carbocycles. The van der Waals surface area contributed by atoms with Gasteiger partial charge < -0.3 is 9.64 Å². The number of anilines is 2. The van der Waals surface area contributed by atoms with Crippen LogP contribution in [-0.2, 0) is 25.6 Å². The molecular formula is C28H30N2O5. The van der Waals surface area contributed by atoms with Crippen molar-refractivity contribution in [1.82, 2.24) is 0 Å². The first-order valence-electron chi connectivity index (χ1n) is 12.4. The Morgan fingerprint density at radius 2 is 1.69 bits per heavy atom. The molecule has 0 N–H and O–H groups in total. The van der Waals surface area contributed by atoms with Gasteiger partial charge in [0.25, 0.3) is 0 Å². The second-order valence-electron chi connectivity index (χ2n) is 9.95. The fraction of sp³-hybridized carbons (Fsp3) is 0.429. The van der Waals surface area contributed by atoms with E-state index in [1.165, 1.54) is 4.90 Å². The van der Waals surface area contributed by atoms with Crippen molar-refractivity contribution in [2.45, 2.75) is 46.0 Å². The minimum absolute atomic E-state index is 0.0926. The Kier molecular flexibility index (Phi) is 6.17. The van der Waals surface area contributed by atoms with E-state index in [0.29, 0.717) is 17.4 Å². The molecule has 2 aromatic rings. The summed E-state index contributed by atoms with van der Waals surface area (Å²) in [7, 11) is 0. The molecule has 2 heterocycles. The quantitative estimate of drug-likeness (QED) is 0.370. The Bertz CT molecular complexity index is 1170. The number of fused-ring (bicyclic) bond motifs is 1. The first-order chi connectivity index (χ1) is 16.9. The molecule has 0 aromatic heterocycles. The first-order valence-corrected chi connectivity index (χ1v) is 12.4. The molecule has 7 nitrogen and oxygen atoms in total. The molecule has 182 valence electrons. The number of imide groups is 1. The van der Waals surface area contributed by atoms with Gasteiger partial charge in [-0.2, -0.15) is 0 Å². The van der Waals surface area contributed by atoms with E-state index in [2.05, 4.69) is 6.92 Å². The number of amides is 3. The van der Waals surface area contributed by atoms with Gasteiger partial charge >= 0.3 is 5.97 Å². The lowest BCUT2D eigenvalue weighted by Gasteiger charge is -2.25. The standard InChI is InChI=1S/C28H30N2O5/c1-3-18-6-4-5-7-24(18)29-16-19(15-25(29)31)28(34)35-21-11-9-20(10-12-21)30-26(32)22-13-8-17(2)14-23(22)27(30)33/h4-7,9-12,17,19,22-23H,3,8,13-16H2,1-2H3/t17-,19-,22-,23-/m1/s1. The molecule has 5 rings (SSSR count). The molecule has 4 atom stereocenters. The summed E-state index contributed by atoms with van der Waals surface area (Å²) in [5.41, 5.74) is 2.40. The van der Waals surface area contributed by atoms with Crippen LogP contribution in [0.4, 0.5) is 11.4 Å². The van der Waals surface area contributed by atoms with Crippen molar-refractivity contribution >= 4 is 35.1 Å². The topological polar surface area (TPSA) is 84.0 Å². The summed E-state index contributed by atoms with van der Waals surface area (Å²) in [6.07, 6.45) is 3.37. The first kappa shape index (κ1) is 23.3. The Hall–Kier alpha value is -3.48. The maximum Gasteiger partial charge on any atom is 0.316 e. The van der Waals surface area contributed by atoms with Crippen molar-refractivity contribution < 1.29 is 23.9 Å². The van der Waals surface area contributed by atoms with Gasteiger partial charge in [0.05, 0.1) is 23.4 Å². The number of hydrogen-bond donors (Lipinski definition) is 0.